The second kappa shape index (κ2) is 4.89. The van der Waals surface area contributed by atoms with Gasteiger partial charge in [-0.15, -0.1) is 0 Å². The fourth-order valence-electron chi connectivity index (χ4n) is 1.61. The SMILES string of the molecule is NCc1cccc(C(=O)c2ccc(F)cc2)c1. The standard InChI is InChI=1S/C14H12FNO/c15-13-6-4-11(5-7-13)14(17)12-3-1-2-10(8-12)9-16/h1-8H,9,16H2. The summed E-state index contributed by atoms with van der Waals surface area (Å²) in [7, 11) is 0. The molecule has 3 heteroatoms. The van der Waals surface area contributed by atoms with Gasteiger partial charge in [0.25, 0.3) is 0 Å². The summed E-state index contributed by atoms with van der Waals surface area (Å²) >= 11 is 0. The predicted octanol–water partition coefficient (Wildman–Crippen LogP) is 2.52. The highest BCUT2D eigenvalue weighted by Crippen LogP contribution is 2.12. The minimum Gasteiger partial charge on any atom is -0.326 e. The fraction of sp³-hybridized carbons (Fsp3) is 0.0714. The normalized spacial score (nSPS) is 10.2. The second-order valence-electron chi connectivity index (χ2n) is 3.74. The Labute approximate surface area is 98.9 Å². The molecule has 0 bridgehead atoms. The zero-order valence-corrected chi connectivity index (χ0v) is 9.19. The molecule has 0 aliphatic heterocycles. The Balaban J connectivity index is 2.33. The molecule has 17 heavy (non-hydrogen) atoms. The van der Waals surface area contributed by atoms with Crippen LogP contribution >= 0.6 is 0 Å². The average Bonchev–Trinajstić information content (AvgIpc) is 2.39. The number of hydrogen-bond donors (Lipinski definition) is 1. The van der Waals surface area contributed by atoms with E-state index in [0.29, 0.717) is 17.7 Å². The summed E-state index contributed by atoms with van der Waals surface area (Å²) in [5, 5.41) is 0. The summed E-state index contributed by atoms with van der Waals surface area (Å²) in [6, 6.07) is 12.6. The monoisotopic (exact) mass is 229 g/mol. The molecule has 0 heterocycles. The topological polar surface area (TPSA) is 43.1 Å². The number of carbonyl (C=O) groups excluding carboxylic acids is 1. The van der Waals surface area contributed by atoms with E-state index in [-0.39, 0.29) is 11.6 Å². The highest BCUT2D eigenvalue weighted by molar-refractivity contribution is 6.09. The van der Waals surface area contributed by atoms with Crippen LogP contribution in [0.1, 0.15) is 21.5 Å². The van der Waals surface area contributed by atoms with E-state index in [0.717, 1.165) is 5.56 Å². The zero-order chi connectivity index (χ0) is 12.3. The first-order valence-corrected chi connectivity index (χ1v) is 5.30. The van der Waals surface area contributed by atoms with Gasteiger partial charge < -0.3 is 5.73 Å². The highest BCUT2D eigenvalue weighted by Gasteiger charge is 2.09. The summed E-state index contributed by atoms with van der Waals surface area (Å²) in [6.07, 6.45) is 0. The molecule has 86 valence electrons. The molecule has 0 aromatic heterocycles. The molecule has 0 amide bonds. The largest absolute Gasteiger partial charge is 0.326 e. The smallest absolute Gasteiger partial charge is 0.193 e. The Bertz CT molecular complexity index is 534. The molecular weight excluding hydrogens is 217 g/mol. The van der Waals surface area contributed by atoms with Gasteiger partial charge in [0, 0.05) is 17.7 Å². The Morgan fingerprint density at radius 1 is 1.06 bits per heavy atom. The van der Waals surface area contributed by atoms with Crippen LogP contribution < -0.4 is 5.73 Å². The first-order valence-electron chi connectivity index (χ1n) is 5.30. The quantitative estimate of drug-likeness (QED) is 0.822. The summed E-state index contributed by atoms with van der Waals surface area (Å²) in [5.41, 5.74) is 7.46. The molecule has 0 aliphatic carbocycles. The summed E-state index contributed by atoms with van der Waals surface area (Å²) in [6.45, 7) is 0.393. The first kappa shape index (κ1) is 11.5. The van der Waals surface area contributed by atoms with Gasteiger partial charge in [0.2, 0.25) is 0 Å². The first-order chi connectivity index (χ1) is 8.20. The van der Waals surface area contributed by atoms with Crippen molar-refractivity contribution in [2.75, 3.05) is 0 Å². The molecule has 2 rings (SSSR count). The second-order valence-corrected chi connectivity index (χ2v) is 3.74. The lowest BCUT2D eigenvalue weighted by molar-refractivity contribution is 0.103. The van der Waals surface area contributed by atoms with Gasteiger partial charge in [-0.1, -0.05) is 18.2 Å². The number of carbonyl (C=O) groups is 1. The van der Waals surface area contributed by atoms with Gasteiger partial charge in [0.15, 0.2) is 5.78 Å². The number of hydrogen-bond acceptors (Lipinski definition) is 2. The maximum absolute atomic E-state index is 12.7. The zero-order valence-electron chi connectivity index (χ0n) is 9.19. The molecule has 0 saturated heterocycles. The van der Waals surface area contributed by atoms with Gasteiger partial charge >= 0.3 is 0 Å². The Morgan fingerprint density at radius 3 is 2.41 bits per heavy atom. The van der Waals surface area contributed by atoms with Crippen molar-refractivity contribution in [3.63, 3.8) is 0 Å². The van der Waals surface area contributed by atoms with Gasteiger partial charge in [0.05, 0.1) is 0 Å². The predicted molar refractivity (Wildman–Crippen MR) is 64.2 cm³/mol. The lowest BCUT2D eigenvalue weighted by Gasteiger charge is -2.03. The van der Waals surface area contributed by atoms with Gasteiger partial charge in [0.1, 0.15) is 5.82 Å². The molecule has 0 unspecified atom stereocenters. The van der Waals surface area contributed by atoms with E-state index < -0.39 is 0 Å². The van der Waals surface area contributed by atoms with Crippen molar-refractivity contribution in [2.24, 2.45) is 5.73 Å². The third-order valence-electron chi connectivity index (χ3n) is 2.53. The van der Waals surface area contributed by atoms with E-state index in [4.69, 9.17) is 5.73 Å². The van der Waals surface area contributed by atoms with Crippen LogP contribution in [0.5, 0.6) is 0 Å². The van der Waals surface area contributed by atoms with Crippen molar-refractivity contribution in [1.29, 1.82) is 0 Å². The minimum absolute atomic E-state index is 0.125. The van der Waals surface area contributed by atoms with Crippen LogP contribution in [-0.4, -0.2) is 5.78 Å². The maximum atomic E-state index is 12.7. The van der Waals surface area contributed by atoms with Gasteiger partial charge in [-0.2, -0.15) is 0 Å². The van der Waals surface area contributed by atoms with Crippen LogP contribution in [-0.2, 0) is 6.54 Å². The fourth-order valence-corrected chi connectivity index (χ4v) is 1.61. The van der Waals surface area contributed by atoms with Crippen LogP contribution in [0, 0.1) is 5.82 Å². The number of ketones is 1. The highest BCUT2D eigenvalue weighted by atomic mass is 19.1. The van der Waals surface area contributed by atoms with E-state index in [1.165, 1.54) is 24.3 Å². The lowest BCUT2D eigenvalue weighted by atomic mass is 10.0. The molecule has 2 nitrogen and oxygen atoms in total. The molecule has 0 fully saturated rings. The summed E-state index contributed by atoms with van der Waals surface area (Å²) in [4.78, 5) is 12.1. The number of rotatable bonds is 3. The molecule has 0 aliphatic rings. The molecular formula is C14H12FNO. The van der Waals surface area contributed by atoms with Crippen molar-refractivity contribution in [3.05, 3.63) is 71.0 Å². The van der Waals surface area contributed by atoms with E-state index in [1.54, 1.807) is 18.2 Å². The van der Waals surface area contributed by atoms with Crippen molar-refractivity contribution in [3.8, 4) is 0 Å². The molecule has 0 radical (unpaired) electrons. The van der Waals surface area contributed by atoms with Crippen molar-refractivity contribution >= 4 is 5.78 Å². The molecule has 0 spiro atoms. The molecule has 0 atom stereocenters. The van der Waals surface area contributed by atoms with Gasteiger partial charge in [-0.05, 0) is 35.9 Å². The summed E-state index contributed by atoms with van der Waals surface area (Å²) in [5.74, 6) is -0.474. The molecule has 2 aromatic rings. The molecule has 0 saturated carbocycles. The third-order valence-corrected chi connectivity index (χ3v) is 2.53. The molecule has 2 aromatic carbocycles. The lowest BCUT2D eigenvalue weighted by Crippen LogP contribution is -2.03. The van der Waals surface area contributed by atoms with E-state index in [9.17, 15) is 9.18 Å². The van der Waals surface area contributed by atoms with Crippen LogP contribution in [0.15, 0.2) is 48.5 Å². The summed E-state index contributed by atoms with van der Waals surface area (Å²) < 4.78 is 12.7. The third kappa shape index (κ3) is 2.57. The number of nitrogens with two attached hydrogens (primary N) is 1. The Morgan fingerprint density at radius 2 is 1.76 bits per heavy atom. The average molecular weight is 229 g/mol. The van der Waals surface area contributed by atoms with E-state index >= 15 is 0 Å². The Kier molecular flexibility index (Phi) is 3.30. The van der Waals surface area contributed by atoms with Crippen molar-refractivity contribution in [1.82, 2.24) is 0 Å². The van der Waals surface area contributed by atoms with E-state index in [1.807, 2.05) is 6.07 Å². The van der Waals surface area contributed by atoms with Crippen LogP contribution in [0.3, 0.4) is 0 Å². The van der Waals surface area contributed by atoms with Crippen LogP contribution in [0.2, 0.25) is 0 Å². The minimum atomic E-state index is -0.350. The van der Waals surface area contributed by atoms with Crippen LogP contribution in [0.25, 0.3) is 0 Å². The van der Waals surface area contributed by atoms with Gasteiger partial charge in [-0.25, -0.2) is 4.39 Å². The van der Waals surface area contributed by atoms with E-state index in [2.05, 4.69) is 0 Å². The molecule has 2 N–H and O–H groups in total. The maximum Gasteiger partial charge on any atom is 0.193 e. The van der Waals surface area contributed by atoms with Crippen LogP contribution in [0.4, 0.5) is 4.39 Å². The number of benzene rings is 2. The Hall–Kier alpha value is -2.00. The van der Waals surface area contributed by atoms with Crippen molar-refractivity contribution < 1.29 is 9.18 Å². The van der Waals surface area contributed by atoms with Crippen molar-refractivity contribution in [2.45, 2.75) is 6.54 Å². The number of halogens is 1. The van der Waals surface area contributed by atoms with Gasteiger partial charge in [-0.3, -0.25) is 4.79 Å².